The van der Waals surface area contributed by atoms with Gasteiger partial charge in [0.25, 0.3) is 0 Å². The van der Waals surface area contributed by atoms with Gasteiger partial charge in [-0.15, -0.1) is 10.2 Å². The molecule has 0 unspecified atom stereocenters. The van der Waals surface area contributed by atoms with Gasteiger partial charge < -0.3 is 13.9 Å². The van der Waals surface area contributed by atoms with E-state index in [4.69, 9.17) is 9.40 Å². The topological polar surface area (TPSA) is 77.1 Å². The minimum atomic E-state index is 0.00127. The average molecular weight is 415 g/mol. The number of hydrogen-bond donors (Lipinski definition) is 0. The zero-order chi connectivity index (χ0) is 21.8. The van der Waals surface area contributed by atoms with Crippen molar-refractivity contribution in [3.63, 3.8) is 0 Å². The summed E-state index contributed by atoms with van der Waals surface area (Å²) in [6.45, 7) is 2.29. The van der Waals surface area contributed by atoms with Crippen LogP contribution in [-0.2, 0) is 24.8 Å². The second-order valence-electron chi connectivity index (χ2n) is 7.49. The highest BCUT2D eigenvalue weighted by Gasteiger charge is 2.19. The molecule has 7 heteroatoms. The van der Waals surface area contributed by atoms with Crippen LogP contribution in [0.4, 0.5) is 0 Å². The summed E-state index contributed by atoms with van der Waals surface area (Å²) in [6.07, 6.45) is 0.726. The molecule has 0 saturated carbocycles. The molecule has 7 nitrogen and oxygen atoms in total. The van der Waals surface area contributed by atoms with Gasteiger partial charge in [-0.1, -0.05) is 60.7 Å². The normalized spacial score (nSPS) is 10.9. The number of carbonyl (C=O) groups is 1. The van der Waals surface area contributed by atoms with Crippen LogP contribution in [0.1, 0.15) is 24.0 Å². The fourth-order valence-corrected chi connectivity index (χ4v) is 3.34. The Morgan fingerprint density at radius 2 is 1.65 bits per heavy atom. The number of amides is 1. The molecular weight excluding hydrogens is 390 g/mol. The van der Waals surface area contributed by atoms with Crippen molar-refractivity contribution in [3.05, 3.63) is 78.2 Å². The predicted molar refractivity (Wildman–Crippen MR) is 118 cm³/mol. The molecular formula is C24H25N5O2. The van der Waals surface area contributed by atoms with Crippen LogP contribution in [0.2, 0.25) is 0 Å². The van der Waals surface area contributed by atoms with Crippen molar-refractivity contribution in [2.75, 3.05) is 7.05 Å². The SMILES string of the molecule is Cc1nnc(CN(C)C(=O)CCc2nc(-c3ccccc3)c(-c3ccccc3)o2)n1C. The monoisotopic (exact) mass is 415 g/mol. The lowest BCUT2D eigenvalue weighted by Crippen LogP contribution is -2.27. The van der Waals surface area contributed by atoms with Gasteiger partial charge in [0, 0.05) is 38.1 Å². The van der Waals surface area contributed by atoms with Crippen molar-refractivity contribution < 1.29 is 9.21 Å². The molecule has 0 bridgehead atoms. The van der Waals surface area contributed by atoms with Crippen LogP contribution in [0.25, 0.3) is 22.6 Å². The fourth-order valence-electron chi connectivity index (χ4n) is 3.34. The predicted octanol–water partition coefficient (Wildman–Crippen LogP) is 4.04. The maximum Gasteiger partial charge on any atom is 0.223 e. The van der Waals surface area contributed by atoms with Crippen molar-refractivity contribution in [1.29, 1.82) is 0 Å². The van der Waals surface area contributed by atoms with E-state index in [9.17, 15) is 4.79 Å². The summed E-state index contributed by atoms with van der Waals surface area (Å²) in [6, 6.07) is 19.9. The zero-order valence-electron chi connectivity index (χ0n) is 17.9. The number of carbonyl (C=O) groups excluding carboxylic acids is 1. The molecule has 0 aliphatic carbocycles. The molecule has 158 valence electrons. The average Bonchev–Trinajstić information content (AvgIpc) is 3.37. The quantitative estimate of drug-likeness (QED) is 0.455. The van der Waals surface area contributed by atoms with Gasteiger partial charge in [0.15, 0.2) is 17.5 Å². The molecule has 0 aliphatic rings. The highest BCUT2D eigenvalue weighted by molar-refractivity contribution is 5.77. The second kappa shape index (κ2) is 8.95. The van der Waals surface area contributed by atoms with Crippen molar-refractivity contribution in [3.8, 4) is 22.6 Å². The lowest BCUT2D eigenvalue weighted by atomic mass is 10.1. The molecule has 31 heavy (non-hydrogen) atoms. The first-order chi connectivity index (χ1) is 15.0. The van der Waals surface area contributed by atoms with Crippen LogP contribution < -0.4 is 0 Å². The maximum atomic E-state index is 12.7. The van der Waals surface area contributed by atoms with Crippen LogP contribution in [0.15, 0.2) is 65.1 Å². The molecule has 0 N–H and O–H groups in total. The Hall–Kier alpha value is -3.74. The summed E-state index contributed by atoms with van der Waals surface area (Å²) in [7, 11) is 3.67. The molecule has 0 aliphatic heterocycles. The van der Waals surface area contributed by atoms with Crippen molar-refractivity contribution in [2.45, 2.75) is 26.3 Å². The Bertz CT molecular complexity index is 1110. The molecule has 0 fully saturated rings. The van der Waals surface area contributed by atoms with E-state index in [2.05, 4.69) is 10.2 Å². The number of hydrogen-bond acceptors (Lipinski definition) is 5. The Morgan fingerprint density at radius 3 is 2.26 bits per heavy atom. The minimum Gasteiger partial charge on any atom is -0.440 e. The molecule has 1 amide bonds. The second-order valence-corrected chi connectivity index (χ2v) is 7.49. The van der Waals surface area contributed by atoms with E-state index in [1.807, 2.05) is 79.2 Å². The Labute approximate surface area is 181 Å². The molecule has 0 atom stereocenters. The third kappa shape index (κ3) is 4.55. The van der Waals surface area contributed by atoms with Crippen LogP contribution in [0.5, 0.6) is 0 Å². The number of aryl methyl sites for hydroxylation is 2. The largest absolute Gasteiger partial charge is 0.440 e. The van der Waals surface area contributed by atoms with Crippen LogP contribution in [0, 0.1) is 6.92 Å². The van der Waals surface area contributed by atoms with Gasteiger partial charge in [-0.3, -0.25) is 4.79 Å². The summed E-state index contributed by atoms with van der Waals surface area (Å²) < 4.78 is 8.00. The first-order valence-electron chi connectivity index (χ1n) is 10.2. The summed E-state index contributed by atoms with van der Waals surface area (Å²) in [4.78, 5) is 19.1. The first-order valence-corrected chi connectivity index (χ1v) is 10.2. The molecule has 0 saturated heterocycles. The third-order valence-corrected chi connectivity index (χ3v) is 5.29. The van der Waals surface area contributed by atoms with Gasteiger partial charge in [-0.2, -0.15) is 0 Å². The van der Waals surface area contributed by atoms with Crippen LogP contribution >= 0.6 is 0 Å². The number of nitrogens with zero attached hydrogens (tertiary/aromatic N) is 5. The molecule has 0 radical (unpaired) electrons. The Kier molecular flexibility index (Phi) is 5.93. The highest BCUT2D eigenvalue weighted by Crippen LogP contribution is 2.32. The van der Waals surface area contributed by atoms with E-state index in [-0.39, 0.29) is 5.91 Å². The van der Waals surface area contributed by atoms with Crippen molar-refractivity contribution in [2.24, 2.45) is 7.05 Å². The highest BCUT2D eigenvalue weighted by atomic mass is 16.4. The number of oxazole rings is 1. The van der Waals surface area contributed by atoms with Crippen LogP contribution in [0.3, 0.4) is 0 Å². The third-order valence-electron chi connectivity index (χ3n) is 5.29. The van der Waals surface area contributed by atoms with Gasteiger partial charge in [-0.05, 0) is 6.92 Å². The molecule has 2 aromatic carbocycles. The van der Waals surface area contributed by atoms with E-state index in [1.165, 1.54) is 0 Å². The summed E-state index contributed by atoms with van der Waals surface area (Å²) in [5, 5.41) is 8.17. The molecule has 4 aromatic rings. The maximum absolute atomic E-state index is 12.7. The molecule has 2 heterocycles. The van der Waals surface area contributed by atoms with E-state index < -0.39 is 0 Å². The molecule has 0 spiro atoms. The Balaban J connectivity index is 1.50. The van der Waals surface area contributed by atoms with Crippen molar-refractivity contribution in [1.82, 2.24) is 24.6 Å². The first kappa shape index (κ1) is 20.5. The van der Waals surface area contributed by atoms with E-state index >= 15 is 0 Å². The van der Waals surface area contributed by atoms with Gasteiger partial charge in [0.1, 0.15) is 11.5 Å². The van der Waals surface area contributed by atoms with Crippen LogP contribution in [-0.4, -0.2) is 37.6 Å². The standard InChI is InChI=1S/C24H25N5O2/c1-17-26-27-20(29(17)3)16-28(2)22(30)15-14-21-25-23(18-10-6-4-7-11-18)24(31-21)19-12-8-5-9-13-19/h4-13H,14-16H2,1-3H3. The summed E-state index contributed by atoms with van der Waals surface area (Å²) in [5.41, 5.74) is 2.73. The minimum absolute atomic E-state index is 0.00127. The van der Waals surface area contributed by atoms with Gasteiger partial charge in [-0.25, -0.2) is 4.98 Å². The molecule has 2 aromatic heterocycles. The lowest BCUT2D eigenvalue weighted by molar-refractivity contribution is -0.130. The fraction of sp³-hybridized carbons (Fsp3) is 0.250. The zero-order valence-corrected chi connectivity index (χ0v) is 17.9. The summed E-state index contributed by atoms with van der Waals surface area (Å²) in [5.74, 6) is 2.84. The van der Waals surface area contributed by atoms with Gasteiger partial charge in [0.05, 0.1) is 6.54 Å². The number of aromatic nitrogens is 4. The van der Waals surface area contributed by atoms with Crippen molar-refractivity contribution >= 4 is 5.91 Å². The smallest absolute Gasteiger partial charge is 0.223 e. The number of rotatable bonds is 7. The van der Waals surface area contributed by atoms with Gasteiger partial charge in [0.2, 0.25) is 5.91 Å². The Morgan fingerprint density at radius 1 is 1.00 bits per heavy atom. The van der Waals surface area contributed by atoms with E-state index in [0.29, 0.717) is 25.3 Å². The molecule has 4 rings (SSSR count). The van der Waals surface area contributed by atoms with Gasteiger partial charge >= 0.3 is 0 Å². The van der Waals surface area contributed by atoms with E-state index in [0.717, 1.165) is 34.2 Å². The van der Waals surface area contributed by atoms with E-state index in [1.54, 1.807) is 11.9 Å². The number of benzene rings is 2. The lowest BCUT2D eigenvalue weighted by Gasteiger charge is -2.16. The summed E-state index contributed by atoms with van der Waals surface area (Å²) >= 11 is 0.